The van der Waals surface area contributed by atoms with Crippen molar-refractivity contribution in [1.82, 2.24) is 25.2 Å². The van der Waals surface area contributed by atoms with Gasteiger partial charge >= 0.3 is 6.03 Å². The number of hydrogen-bond acceptors (Lipinski definition) is 4. The van der Waals surface area contributed by atoms with E-state index in [9.17, 15) is 4.79 Å². The van der Waals surface area contributed by atoms with Crippen molar-refractivity contribution in [1.29, 1.82) is 0 Å². The highest BCUT2D eigenvalue weighted by molar-refractivity contribution is 5.74. The van der Waals surface area contributed by atoms with Crippen LogP contribution in [0.3, 0.4) is 0 Å². The Morgan fingerprint density at radius 1 is 1.25 bits per heavy atom. The molecular weight excluding hydrogens is 302 g/mol. The normalized spacial score (nSPS) is 17.1. The number of hydrogen-bond donors (Lipinski definition) is 1. The SMILES string of the molecule is O=C(NCc1cccnc1)N1CCc2ncnc(C3CC3)c2CC1. The summed E-state index contributed by atoms with van der Waals surface area (Å²) in [5, 5.41) is 2.98. The molecule has 24 heavy (non-hydrogen) atoms. The quantitative estimate of drug-likeness (QED) is 0.938. The number of nitrogens with zero attached hydrogens (tertiary/aromatic N) is 4. The molecule has 6 heteroatoms. The third-order valence-electron chi connectivity index (χ3n) is 4.74. The minimum absolute atomic E-state index is 0.0207. The molecule has 6 nitrogen and oxygen atoms in total. The van der Waals surface area contributed by atoms with E-state index < -0.39 is 0 Å². The second-order valence-corrected chi connectivity index (χ2v) is 6.47. The Labute approximate surface area is 141 Å². The third kappa shape index (κ3) is 3.22. The summed E-state index contributed by atoms with van der Waals surface area (Å²) in [6, 6.07) is 3.82. The molecule has 2 aliphatic rings. The highest BCUT2D eigenvalue weighted by atomic mass is 16.2. The van der Waals surface area contributed by atoms with Gasteiger partial charge in [-0.05, 0) is 36.5 Å². The van der Waals surface area contributed by atoms with Crippen LogP contribution < -0.4 is 5.32 Å². The van der Waals surface area contributed by atoms with Gasteiger partial charge in [-0.15, -0.1) is 0 Å². The van der Waals surface area contributed by atoms with Crippen LogP contribution in [0.15, 0.2) is 30.9 Å². The Morgan fingerprint density at radius 3 is 2.92 bits per heavy atom. The Bertz CT molecular complexity index is 729. The second-order valence-electron chi connectivity index (χ2n) is 6.47. The molecule has 0 spiro atoms. The van der Waals surface area contributed by atoms with Crippen LogP contribution in [-0.2, 0) is 19.4 Å². The maximum atomic E-state index is 12.5. The number of amides is 2. The molecule has 124 valence electrons. The van der Waals surface area contributed by atoms with Crippen molar-refractivity contribution in [3.05, 3.63) is 53.4 Å². The molecule has 2 amide bonds. The Kier molecular flexibility index (Phi) is 4.11. The van der Waals surface area contributed by atoms with Gasteiger partial charge in [0.25, 0.3) is 0 Å². The minimum Gasteiger partial charge on any atom is -0.334 e. The number of rotatable bonds is 3. The van der Waals surface area contributed by atoms with Crippen molar-refractivity contribution >= 4 is 6.03 Å². The summed E-state index contributed by atoms with van der Waals surface area (Å²) in [7, 11) is 0. The van der Waals surface area contributed by atoms with E-state index in [1.807, 2.05) is 17.0 Å². The summed E-state index contributed by atoms with van der Waals surface area (Å²) >= 11 is 0. The Balaban J connectivity index is 1.40. The second kappa shape index (κ2) is 6.55. The first-order valence-corrected chi connectivity index (χ1v) is 8.55. The molecule has 2 aromatic heterocycles. The van der Waals surface area contributed by atoms with E-state index in [0.717, 1.165) is 30.6 Å². The van der Waals surface area contributed by atoms with Crippen LogP contribution in [0, 0.1) is 0 Å². The maximum Gasteiger partial charge on any atom is 0.317 e. The topological polar surface area (TPSA) is 71.0 Å². The van der Waals surface area contributed by atoms with E-state index in [-0.39, 0.29) is 6.03 Å². The number of carbonyl (C=O) groups excluding carboxylic acids is 1. The molecule has 1 fully saturated rings. The van der Waals surface area contributed by atoms with Gasteiger partial charge in [-0.25, -0.2) is 14.8 Å². The molecular formula is C18H21N5O. The summed E-state index contributed by atoms with van der Waals surface area (Å²) in [6.07, 6.45) is 9.31. The predicted molar refractivity (Wildman–Crippen MR) is 89.5 cm³/mol. The monoisotopic (exact) mass is 323 g/mol. The predicted octanol–water partition coefficient (Wildman–Crippen LogP) is 2.06. The molecule has 0 saturated heterocycles. The summed E-state index contributed by atoms with van der Waals surface area (Å²) in [6.45, 7) is 1.93. The molecule has 3 heterocycles. The molecule has 1 N–H and O–H groups in total. The van der Waals surface area contributed by atoms with Crippen LogP contribution in [0.4, 0.5) is 4.79 Å². The van der Waals surface area contributed by atoms with Crippen molar-refractivity contribution in [2.24, 2.45) is 0 Å². The van der Waals surface area contributed by atoms with E-state index in [1.54, 1.807) is 18.7 Å². The van der Waals surface area contributed by atoms with Crippen LogP contribution in [0.5, 0.6) is 0 Å². The molecule has 0 bridgehead atoms. The van der Waals surface area contributed by atoms with Gasteiger partial charge in [0.15, 0.2) is 0 Å². The lowest BCUT2D eigenvalue weighted by Crippen LogP contribution is -2.41. The average molecular weight is 323 g/mol. The van der Waals surface area contributed by atoms with Gasteiger partial charge in [-0.1, -0.05) is 6.07 Å². The molecule has 0 aromatic carbocycles. The lowest BCUT2D eigenvalue weighted by molar-refractivity contribution is 0.199. The van der Waals surface area contributed by atoms with Gasteiger partial charge in [-0.3, -0.25) is 4.98 Å². The van der Waals surface area contributed by atoms with Crippen molar-refractivity contribution in [2.75, 3.05) is 13.1 Å². The number of carbonyl (C=O) groups is 1. The molecule has 1 saturated carbocycles. The van der Waals surface area contributed by atoms with E-state index in [4.69, 9.17) is 0 Å². The number of fused-ring (bicyclic) bond motifs is 1. The van der Waals surface area contributed by atoms with Crippen molar-refractivity contribution in [3.63, 3.8) is 0 Å². The van der Waals surface area contributed by atoms with Gasteiger partial charge in [0.05, 0.1) is 5.69 Å². The molecule has 0 unspecified atom stereocenters. The fourth-order valence-electron chi connectivity index (χ4n) is 3.26. The lowest BCUT2D eigenvalue weighted by atomic mass is 10.0. The van der Waals surface area contributed by atoms with E-state index in [0.29, 0.717) is 19.0 Å². The third-order valence-corrected chi connectivity index (χ3v) is 4.74. The van der Waals surface area contributed by atoms with Gasteiger partial charge in [0.2, 0.25) is 0 Å². The summed E-state index contributed by atoms with van der Waals surface area (Å²) in [5.74, 6) is 0.618. The van der Waals surface area contributed by atoms with Gasteiger partial charge in [-0.2, -0.15) is 0 Å². The summed E-state index contributed by atoms with van der Waals surface area (Å²) < 4.78 is 0. The molecule has 2 aromatic rings. The Hall–Kier alpha value is -2.50. The molecule has 0 radical (unpaired) electrons. The number of nitrogens with one attached hydrogen (secondary N) is 1. The van der Waals surface area contributed by atoms with Gasteiger partial charge in [0.1, 0.15) is 6.33 Å². The van der Waals surface area contributed by atoms with Crippen LogP contribution in [0.25, 0.3) is 0 Å². The highest BCUT2D eigenvalue weighted by Gasteiger charge is 2.30. The van der Waals surface area contributed by atoms with Crippen molar-refractivity contribution in [3.8, 4) is 0 Å². The molecule has 1 aliphatic heterocycles. The number of pyridine rings is 1. The molecule has 4 rings (SSSR count). The number of urea groups is 1. The smallest absolute Gasteiger partial charge is 0.317 e. The van der Waals surface area contributed by atoms with E-state index >= 15 is 0 Å². The first-order chi connectivity index (χ1) is 11.8. The Morgan fingerprint density at radius 2 is 2.12 bits per heavy atom. The zero-order valence-electron chi connectivity index (χ0n) is 13.6. The van der Waals surface area contributed by atoms with E-state index in [1.165, 1.54) is 24.1 Å². The summed E-state index contributed by atoms with van der Waals surface area (Å²) in [4.78, 5) is 27.4. The summed E-state index contributed by atoms with van der Waals surface area (Å²) in [5.41, 5.74) is 4.63. The largest absolute Gasteiger partial charge is 0.334 e. The van der Waals surface area contributed by atoms with Crippen LogP contribution in [0.1, 0.15) is 41.3 Å². The van der Waals surface area contributed by atoms with Crippen molar-refractivity contribution in [2.45, 2.75) is 38.1 Å². The zero-order chi connectivity index (χ0) is 16.4. The van der Waals surface area contributed by atoms with Gasteiger partial charge < -0.3 is 10.2 Å². The first-order valence-electron chi connectivity index (χ1n) is 8.55. The van der Waals surface area contributed by atoms with Crippen molar-refractivity contribution < 1.29 is 4.79 Å². The average Bonchev–Trinajstić information content (AvgIpc) is 3.46. The lowest BCUT2D eigenvalue weighted by Gasteiger charge is -2.20. The maximum absolute atomic E-state index is 12.5. The molecule has 1 aliphatic carbocycles. The highest BCUT2D eigenvalue weighted by Crippen LogP contribution is 2.41. The standard InChI is InChI=1S/C18H21N5O/c24-18(20-11-13-2-1-7-19-10-13)23-8-5-15-16(6-9-23)21-12-22-17(15)14-3-4-14/h1-2,7,10,12,14H,3-6,8-9,11H2,(H,20,24). The van der Waals surface area contributed by atoms with Gasteiger partial charge in [0, 0.05) is 50.1 Å². The fraction of sp³-hybridized carbons (Fsp3) is 0.444. The minimum atomic E-state index is -0.0207. The van der Waals surface area contributed by atoms with E-state index in [2.05, 4.69) is 20.3 Å². The van der Waals surface area contributed by atoms with Crippen LogP contribution >= 0.6 is 0 Å². The first kappa shape index (κ1) is 15.1. The fourth-order valence-corrected chi connectivity index (χ4v) is 3.26. The number of aromatic nitrogens is 3. The van der Waals surface area contributed by atoms with Crippen LogP contribution in [0.2, 0.25) is 0 Å². The molecule has 0 atom stereocenters. The van der Waals surface area contributed by atoms with Crippen LogP contribution in [-0.4, -0.2) is 39.0 Å². The zero-order valence-corrected chi connectivity index (χ0v) is 13.6.